The summed E-state index contributed by atoms with van der Waals surface area (Å²) in [6, 6.07) is 7.35. The number of phenols is 1. The molecule has 3 heteroatoms. The van der Waals surface area contributed by atoms with Crippen LogP contribution in [-0.4, -0.2) is 29.0 Å². The van der Waals surface area contributed by atoms with Gasteiger partial charge in [0.15, 0.2) is 0 Å². The molecule has 2 nitrogen and oxygen atoms in total. The highest BCUT2D eigenvalue weighted by atomic mass is 35.5. The molecule has 0 spiro atoms. The number of rotatable bonds is 6. The lowest BCUT2D eigenvalue weighted by molar-refractivity contribution is 0.282. The van der Waals surface area contributed by atoms with E-state index < -0.39 is 0 Å². The number of hydrogen-bond acceptors (Lipinski definition) is 2. The lowest BCUT2D eigenvalue weighted by atomic mass is 10.2. The van der Waals surface area contributed by atoms with Crippen molar-refractivity contribution in [3.63, 3.8) is 0 Å². The van der Waals surface area contributed by atoms with Crippen molar-refractivity contribution in [2.45, 2.75) is 19.9 Å². The number of aromatic hydroxyl groups is 1. The van der Waals surface area contributed by atoms with Gasteiger partial charge in [-0.3, -0.25) is 4.90 Å². The Morgan fingerprint density at radius 3 is 2.40 bits per heavy atom. The second-order valence-corrected chi connectivity index (χ2v) is 4.01. The fraction of sp³-hybridized carbons (Fsp3) is 0.500. The van der Waals surface area contributed by atoms with Crippen LogP contribution in [0.5, 0.6) is 5.75 Å². The zero-order valence-corrected chi connectivity index (χ0v) is 9.87. The van der Waals surface area contributed by atoms with Crippen LogP contribution in [0.15, 0.2) is 24.3 Å². The van der Waals surface area contributed by atoms with Crippen LogP contribution >= 0.6 is 11.6 Å². The van der Waals surface area contributed by atoms with E-state index in [2.05, 4.69) is 11.8 Å². The molecule has 1 aromatic carbocycles. The van der Waals surface area contributed by atoms with Gasteiger partial charge in [-0.1, -0.05) is 19.1 Å². The van der Waals surface area contributed by atoms with Crippen LogP contribution in [0, 0.1) is 0 Å². The molecule has 0 radical (unpaired) electrons. The number of nitrogens with zero attached hydrogens (tertiary/aromatic N) is 1. The van der Waals surface area contributed by atoms with Crippen molar-refractivity contribution < 1.29 is 5.11 Å². The summed E-state index contributed by atoms with van der Waals surface area (Å²) in [5.41, 5.74) is 1.21. The van der Waals surface area contributed by atoms with E-state index in [9.17, 15) is 0 Å². The molecule has 0 aliphatic heterocycles. The van der Waals surface area contributed by atoms with Crippen molar-refractivity contribution in [3.8, 4) is 5.75 Å². The minimum atomic E-state index is 0.318. The number of hydrogen-bond donors (Lipinski definition) is 1. The summed E-state index contributed by atoms with van der Waals surface area (Å²) in [6.07, 6.45) is 1.13. The maximum absolute atomic E-state index is 9.16. The van der Waals surface area contributed by atoms with Gasteiger partial charge in [0.1, 0.15) is 5.75 Å². The largest absolute Gasteiger partial charge is 0.508 e. The van der Waals surface area contributed by atoms with Crippen molar-refractivity contribution >= 4 is 11.6 Å². The molecule has 0 amide bonds. The minimum Gasteiger partial charge on any atom is -0.508 e. The summed E-state index contributed by atoms with van der Waals surface area (Å²) < 4.78 is 0. The molecule has 15 heavy (non-hydrogen) atoms. The number of benzene rings is 1. The third-order valence-corrected chi connectivity index (χ3v) is 2.45. The summed E-state index contributed by atoms with van der Waals surface area (Å²) in [5.74, 6) is 0.982. The Labute approximate surface area is 96.5 Å². The molecule has 0 aromatic heterocycles. The average molecular weight is 228 g/mol. The molecule has 1 aromatic rings. The van der Waals surface area contributed by atoms with Gasteiger partial charge in [-0.05, 0) is 30.7 Å². The Kier molecular flexibility index (Phi) is 5.51. The van der Waals surface area contributed by atoms with Gasteiger partial charge < -0.3 is 5.11 Å². The molecule has 0 atom stereocenters. The van der Waals surface area contributed by atoms with E-state index in [0.29, 0.717) is 11.6 Å². The van der Waals surface area contributed by atoms with E-state index in [1.165, 1.54) is 5.56 Å². The second kappa shape index (κ2) is 6.70. The maximum atomic E-state index is 9.16. The van der Waals surface area contributed by atoms with Crippen molar-refractivity contribution in [1.29, 1.82) is 0 Å². The molecule has 0 fully saturated rings. The highest BCUT2D eigenvalue weighted by Gasteiger charge is 2.03. The van der Waals surface area contributed by atoms with E-state index in [1.807, 2.05) is 12.1 Å². The monoisotopic (exact) mass is 227 g/mol. The molecule has 1 N–H and O–H groups in total. The van der Waals surface area contributed by atoms with Gasteiger partial charge in [-0.2, -0.15) is 0 Å². The van der Waals surface area contributed by atoms with E-state index in [-0.39, 0.29) is 0 Å². The zero-order valence-electron chi connectivity index (χ0n) is 9.12. The Morgan fingerprint density at radius 1 is 1.20 bits per heavy atom. The first kappa shape index (κ1) is 12.3. The molecule has 1 rings (SSSR count). The van der Waals surface area contributed by atoms with Gasteiger partial charge in [0, 0.05) is 19.0 Å². The minimum absolute atomic E-state index is 0.318. The van der Waals surface area contributed by atoms with Crippen LogP contribution < -0.4 is 0 Å². The zero-order chi connectivity index (χ0) is 11.1. The topological polar surface area (TPSA) is 23.5 Å². The van der Waals surface area contributed by atoms with Crippen LogP contribution in [0.2, 0.25) is 0 Å². The molecule has 0 bridgehead atoms. The summed E-state index contributed by atoms with van der Waals surface area (Å²) in [6.45, 7) is 5.04. The van der Waals surface area contributed by atoms with Gasteiger partial charge in [-0.25, -0.2) is 0 Å². The first-order valence-electron chi connectivity index (χ1n) is 5.32. The van der Waals surface area contributed by atoms with Crippen molar-refractivity contribution in [1.82, 2.24) is 4.90 Å². The van der Waals surface area contributed by atoms with Gasteiger partial charge in [-0.15, -0.1) is 11.6 Å². The van der Waals surface area contributed by atoms with Crippen molar-refractivity contribution in [3.05, 3.63) is 29.8 Å². The molecule has 0 heterocycles. The smallest absolute Gasteiger partial charge is 0.115 e. The van der Waals surface area contributed by atoms with E-state index >= 15 is 0 Å². The lowest BCUT2D eigenvalue weighted by Gasteiger charge is -2.20. The van der Waals surface area contributed by atoms with E-state index in [4.69, 9.17) is 16.7 Å². The molecule has 0 unspecified atom stereocenters. The lowest BCUT2D eigenvalue weighted by Crippen LogP contribution is -2.26. The molecule has 0 aliphatic rings. The van der Waals surface area contributed by atoms with Crippen LogP contribution in [0.3, 0.4) is 0 Å². The van der Waals surface area contributed by atoms with Crippen LogP contribution in [0.4, 0.5) is 0 Å². The molecular weight excluding hydrogens is 210 g/mol. The van der Waals surface area contributed by atoms with Crippen LogP contribution in [0.25, 0.3) is 0 Å². The van der Waals surface area contributed by atoms with Crippen LogP contribution in [-0.2, 0) is 6.54 Å². The first-order chi connectivity index (χ1) is 7.26. The predicted molar refractivity (Wildman–Crippen MR) is 64.4 cm³/mol. The quantitative estimate of drug-likeness (QED) is 0.756. The first-order valence-corrected chi connectivity index (χ1v) is 5.86. The van der Waals surface area contributed by atoms with E-state index in [1.54, 1.807) is 12.1 Å². The van der Waals surface area contributed by atoms with Gasteiger partial charge in [0.2, 0.25) is 0 Å². The summed E-state index contributed by atoms with van der Waals surface area (Å²) in [4.78, 5) is 2.32. The van der Waals surface area contributed by atoms with Gasteiger partial charge in [0.25, 0.3) is 0 Å². The Balaban J connectivity index is 2.53. The third kappa shape index (κ3) is 4.54. The highest BCUT2D eigenvalue weighted by molar-refractivity contribution is 6.18. The molecule has 0 aliphatic carbocycles. The fourth-order valence-electron chi connectivity index (χ4n) is 1.57. The van der Waals surface area contributed by atoms with E-state index in [0.717, 1.165) is 26.1 Å². The number of halogens is 1. The molecular formula is C12H18ClNO. The Hall–Kier alpha value is -0.730. The molecule has 0 saturated carbocycles. The van der Waals surface area contributed by atoms with Crippen molar-refractivity contribution in [2.75, 3.05) is 19.0 Å². The van der Waals surface area contributed by atoms with Crippen LogP contribution in [0.1, 0.15) is 18.9 Å². The number of phenolic OH excluding ortho intramolecular Hbond substituents is 1. The third-order valence-electron chi connectivity index (χ3n) is 2.28. The molecule has 84 valence electrons. The normalized spacial score (nSPS) is 10.9. The predicted octanol–water partition coefficient (Wildman–Crippen LogP) is 2.84. The average Bonchev–Trinajstić information content (AvgIpc) is 2.22. The summed E-state index contributed by atoms with van der Waals surface area (Å²) in [7, 11) is 0. The second-order valence-electron chi connectivity index (χ2n) is 3.63. The maximum Gasteiger partial charge on any atom is 0.115 e. The Bertz CT molecular complexity index is 267. The summed E-state index contributed by atoms with van der Waals surface area (Å²) >= 11 is 5.74. The van der Waals surface area contributed by atoms with Crippen molar-refractivity contribution in [2.24, 2.45) is 0 Å². The standard InChI is InChI=1S/C12H18ClNO/c1-2-8-14(9-7-13)10-11-3-5-12(15)6-4-11/h3-6,15H,2,7-10H2,1H3. The van der Waals surface area contributed by atoms with Gasteiger partial charge in [0.05, 0.1) is 0 Å². The Morgan fingerprint density at radius 2 is 1.87 bits per heavy atom. The summed E-state index contributed by atoms with van der Waals surface area (Å²) in [5, 5.41) is 9.16. The fourth-order valence-corrected chi connectivity index (χ4v) is 1.80. The van der Waals surface area contributed by atoms with Gasteiger partial charge >= 0.3 is 0 Å². The molecule has 0 saturated heterocycles. The highest BCUT2D eigenvalue weighted by Crippen LogP contribution is 2.11. The number of alkyl halides is 1. The SMILES string of the molecule is CCCN(CCCl)Cc1ccc(O)cc1.